The summed E-state index contributed by atoms with van der Waals surface area (Å²) in [5, 5.41) is 8.78. The molecule has 0 unspecified atom stereocenters. The largest absolute Gasteiger partial charge is 0.279 e. The van der Waals surface area contributed by atoms with E-state index in [1.54, 1.807) is 6.20 Å². The first-order chi connectivity index (χ1) is 7.20. The first-order valence-electron chi connectivity index (χ1n) is 4.79. The molecule has 0 N–H and O–H groups in total. The van der Waals surface area contributed by atoms with E-state index in [4.69, 9.17) is 5.26 Å². The second-order valence-corrected chi connectivity index (χ2v) is 3.69. The number of aliphatic imine (C=N–C) groups is 1. The summed E-state index contributed by atoms with van der Waals surface area (Å²) in [4.78, 5) is 8.59. The van der Waals surface area contributed by atoms with Crippen LogP contribution >= 0.6 is 0 Å². The summed E-state index contributed by atoms with van der Waals surface area (Å²) in [7, 11) is 0. The second kappa shape index (κ2) is 3.66. The van der Waals surface area contributed by atoms with Crippen molar-refractivity contribution in [1.29, 1.82) is 5.26 Å². The maximum atomic E-state index is 8.78. The number of pyridine rings is 1. The molecule has 1 aromatic rings. The normalized spacial score (nSPS) is 14.5. The number of rotatable bonds is 1. The molecule has 0 fully saturated rings. The quantitative estimate of drug-likeness (QED) is 0.691. The monoisotopic (exact) mass is 197 g/mol. The highest BCUT2D eigenvalue weighted by Gasteiger charge is 2.09. The first kappa shape index (κ1) is 9.60. The molecule has 0 saturated heterocycles. The highest BCUT2D eigenvalue weighted by Crippen LogP contribution is 2.13. The summed E-state index contributed by atoms with van der Waals surface area (Å²) < 4.78 is 0. The van der Waals surface area contributed by atoms with Gasteiger partial charge in [-0.05, 0) is 37.1 Å². The molecule has 2 rings (SSSR count). The zero-order valence-corrected chi connectivity index (χ0v) is 8.78. The highest BCUT2D eigenvalue weighted by molar-refractivity contribution is 6.09. The van der Waals surface area contributed by atoms with E-state index in [0.717, 1.165) is 23.5 Å². The van der Waals surface area contributed by atoms with Crippen LogP contribution in [-0.4, -0.2) is 17.2 Å². The SMILES string of the molecule is CC1=CC(c2cc(C)c(C#N)cn2)=NC1. The Bertz CT molecular complexity index is 504. The van der Waals surface area contributed by atoms with Crippen LogP contribution in [0.1, 0.15) is 23.7 Å². The van der Waals surface area contributed by atoms with E-state index in [0.29, 0.717) is 5.56 Å². The summed E-state index contributed by atoms with van der Waals surface area (Å²) in [5.41, 5.74) is 4.58. The molecule has 15 heavy (non-hydrogen) atoms. The van der Waals surface area contributed by atoms with Crippen LogP contribution in [0.2, 0.25) is 0 Å². The van der Waals surface area contributed by atoms with Crippen molar-refractivity contribution in [3.05, 3.63) is 40.7 Å². The van der Waals surface area contributed by atoms with Crippen LogP contribution in [0.3, 0.4) is 0 Å². The molecular formula is C12H11N3. The molecule has 0 atom stereocenters. The van der Waals surface area contributed by atoms with Crippen molar-refractivity contribution in [3.8, 4) is 6.07 Å². The van der Waals surface area contributed by atoms with Gasteiger partial charge in [-0.2, -0.15) is 5.26 Å². The molecule has 3 heteroatoms. The van der Waals surface area contributed by atoms with Crippen molar-refractivity contribution in [2.75, 3.05) is 6.54 Å². The van der Waals surface area contributed by atoms with Crippen LogP contribution in [0.15, 0.2) is 28.9 Å². The minimum absolute atomic E-state index is 0.623. The number of allylic oxidation sites excluding steroid dienone is 1. The number of nitriles is 1. The Morgan fingerprint density at radius 3 is 2.73 bits per heavy atom. The van der Waals surface area contributed by atoms with Gasteiger partial charge in [-0.1, -0.05) is 0 Å². The molecule has 0 radical (unpaired) electrons. The first-order valence-corrected chi connectivity index (χ1v) is 4.79. The second-order valence-electron chi connectivity index (χ2n) is 3.69. The van der Waals surface area contributed by atoms with Gasteiger partial charge in [-0.3, -0.25) is 9.98 Å². The molecule has 0 aromatic carbocycles. The summed E-state index contributed by atoms with van der Waals surface area (Å²) in [5.74, 6) is 0. The van der Waals surface area contributed by atoms with Gasteiger partial charge in [-0.15, -0.1) is 0 Å². The summed E-state index contributed by atoms with van der Waals surface area (Å²) in [6.45, 7) is 4.72. The lowest BCUT2D eigenvalue weighted by Gasteiger charge is -2.00. The molecule has 2 heterocycles. The number of aromatic nitrogens is 1. The van der Waals surface area contributed by atoms with Crippen LogP contribution in [0.25, 0.3) is 0 Å². The van der Waals surface area contributed by atoms with Crippen molar-refractivity contribution in [2.45, 2.75) is 13.8 Å². The minimum Gasteiger partial charge on any atom is -0.279 e. The Labute approximate surface area is 88.8 Å². The van der Waals surface area contributed by atoms with Gasteiger partial charge in [0.1, 0.15) is 6.07 Å². The van der Waals surface area contributed by atoms with Crippen molar-refractivity contribution in [1.82, 2.24) is 4.98 Å². The molecule has 0 amide bonds. The lowest BCUT2D eigenvalue weighted by molar-refractivity contribution is 1.17. The van der Waals surface area contributed by atoms with Gasteiger partial charge < -0.3 is 0 Å². The third-order valence-electron chi connectivity index (χ3n) is 2.38. The van der Waals surface area contributed by atoms with Crippen LogP contribution in [-0.2, 0) is 0 Å². The van der Waals surface area contributed by atoms with Crippen LogP contribution in [0.4, 0.5) is 0 Å². The van der Waals surface area contributed by atoms with Gasteiger partial charge in [-0.25, -0.2) is 0 Å². The Morgan fingerprint density at radius 1 is 1.40 bits per heavy atom. The van der Waals surface area contributed by atoms with Crippen molar-refractivity contribution < 1.29 is 0 Å². The number of aryl methyl sites for hydroxylation is 1. The fourth-order valence-corrected chi connectivity index (χ4v) is 1.50. The van der Waals surface area contributed by atoms with E-state index in [-0.39, 0.29) is 0 Å². The predicted molar refractivity (Wildman–Crippen MR) is 58.9 cm³/mol. The highest BCUT2D eigenvalue weighted by atomic mass is 14.8. The zero-order chi connectivity index (χ0) is 10.8. The fourth-order valence-electron chi connectivity index (χ4n) is 1.50. The van der Waals surface area contributed by atoms with E-state index in [2.05, 4.69) is 16.0 Å². The molecule has 0 bridgehead atoms. The van der Waals surface area contributed by atoms with Crippen LogP contribution in [0.5, 0.6) is 0 Å². The van der Waals surface area contributed by atoms with Gasteiger partial charge in [0.2, 0.25) is 0 Å². The average Bonchev–Trinajstić information content (AvgIpc) is 2.65. The molecule has 0 aliphatic carbocycles. The predicted octanol–water partition coefficient (Wildman–Crippen LogP) is 2.01. The molecule has 0 saturated carbocycles. The molecule has 74 valence electrons. The third kappa shape index (κ3) is 1.79. The van der Waals surface area contributed by atoms with Gasteiger partial charge in [0.25, 0.3) is 0 Å². The molecule has 3 nitrogen and oxygen atoms in total. The van der Waals surface area contributed by atoms with E-state index in [1.807, 2.05) is 26.0 Å². The van der Waals surface area contributed by atoms with Crippen molar-refractivity contribution in [3.63, 3.8) is 0 Å². The standard InChI is InChI=1S/C12H11N3/c1-8-3-11(14-6-8)12-4-9(2)10(5-13)7-15-12/h3-4,7H,6H2,1-2H3. The minimum atomic E-state index is 0.623. The summed E-state index contributed by atoms with van der Waals surface area (Å²) >= 11 is 0. The van der Waals surface area contributed by atoms with Gasteiger partial charge in [0.05, 0.1) is 23.5 Å². The van der Waals surface area contributed by atoms with E-state index in [1.165, 1.54) is 5.57 Å². The third-order valence-corrected chi connectivity index (χ3v) is 2.38. The maximum absolute atomic E-state index is 8.78. The Hall–Kier alpha value is -1.95. The van der Waals surface area contributed by atoms with Gasteiger partial charge in [0.15, 0.2) is 0 Å². The summed E-state index contributed by atoms with van der Waals surface area (Å²) in [6.07, 6.45) is 3.64. The van der Waals surface area contributed by atoms with Crippen molar-refractivity contribution >= 4 is 5.71 Å². The summed E-state index contributed by atoms with van der Waals surface area (Å²) in [6, 6.07) is 4.01. The number of hydrogen-bond acceptors (Lipinski definition) is 3. The smallest absolute Gasteiger partial charge is 0.101 e. The van der Waals surface area contributed by atoms with Crippen LogP contribution < -0.4 is 0 Å². The van der Waals surface area contributed by atoms with E-state index >= 15 is 0 Å². The fraction of sp³-hybridized carbons (Fsp3) is 0.250. The van der Waals surface area contributed by atoms with Crippen molar-refractivity contribution in [2.24, 2.45) is 4.99 Å². The van der Waals surface area contributed by atoms with E-state index < -0.39 is 0 Å². The topological polar surface area (TPSA) is 49.0 Å². The van der Waals surface area contributed by atoms with Gasteiger partial charge >= 0.3 is 0 Å². The molecule has 1 aromatic heterocycles. The Balaban J connectivity index is 2.40. The van der Waals surface area contributed by atoms with Crippen LogP contribution in [0, 0.1) is 18.3 Å². The maximum Gasteiger partial charge on any atom is 0.101 e. The molecule has 1 aliphatic heterocycles. The van der Waals surface area contributed by atoms with E-state index in [9.17, 15) is 0 Å². The molecule has 1 aliphatic rings. The number of hydrogen-bond donors (Lipinski definition) is 0. The molecule has 0 spiro atoms. The zero-order valence-electron chi connectivity index (χ0n) is 8.78. The Morgan fingerprint density at radius 2 is 2.20 bits per heavy atom. The molecular weight excluding hydrogens is 186 g/mol. The Kier molecular flexibility index (Phi) is 2.34. The van der Waals surface area contributed by atoms with Gasteiger partial charge in [0, 0.05) is 6.20 Å². The lowest BCUT2D eigenvalue weighted by Crippen LogP contribution is -2.00. The average molecular weight is 197 g/mol. The lowest BCUT2D eigenvalue weighted by atomic mass is 10.1. The number of nitrogens with zero attached hydrogens (tertiary/aromatic N) is 3.